The third kappa shape index (κ3) is 5.00. The second-order valence-corrected chi connectivity index (χ2v) is 8.30. The highest BCUT2D eigenvalue weighted by Gasteiger charge is 2.24. The van der Waals surface area contributed by atoms with E-state index in [9.17, 15) is 9.18 Å². The van der Waals surface area contributed by atoms with Crippen LogP contribution in [0.4, 0.5) is 4.39 Å². The van der Waals surface area contributed by atoms with Gasteiger partial charge in [0.15, 0.2) is 0 Å². The van der Waals surface area contributed by atoms with Crippen LogP contribution >= 0.6 is 0 Å². The van der Waals surface area contributed by atoms with Gasteiger partial charge in [0.1, 0.15) is 11.5 Å². The lowest BCUT2D eigenvalue weighted by Crippen LogP contribution is -2.49. The fraction of sp³-hybridized carbons (Fsp3) is 0.440. The molecule has 32 heavy (non-hydrogen) atoms. The normalized spacial score (nSPS) is 15.1. The Bertz CT molecular complexity index is 1040. The zero-order valence-corrected chi connectivity index (χ0v) is 19.0. The molecule has 0 atom stereocenters. The first-order valence-corrected chi connectivity index (χ1v) is 11.6. The minimum atomic E-state index is -0.277. The van der Waals surface area contributed by atoms with Gasteiger partial charge < -0.3 is 14.2 Å². The fourth-order valence-electron chi connectivity index (χ4n) is 4.34. The van der Waals surface area contributed by atoms with E-state index in [0.717, 1.165) is 70.0 Å². The van der Waals surface area contributed by atoms with Crippen molar-refractivity contribution in [3.8, 4) is 11.3 Å². The Morgan fingerprint density at radius 1 is 1.06 bits per heavy atom. The van der Waals surface area contributed by atoms with E-state index in [-0.39, 0.29) is 11.7 Å². The molecule has 0 aliphatic carbocycles. The number of fused-ring (bicyclic) bond motifs is 1. The van der Waals surface area contributed by atoms with E-state index in [1.54, 1.807) is 12.1 Å². The Morgan fingerprint density at radius 2 is 1.78 bits per heavy atom. The SMILES string of the molecule is CCN(CC)CCCN1CCN(C(=O)c2cccn3cc(-c4ccc(F)cc4)nc23)CC1. The van der Waals surface area contributed by atoms with Crippen LogP contribution in [-0.2, 0) is 0 Å². The molecule has 170 valence electrons. The standard InChI is InChI=1S/C25H32FN5O/c1-3-28(4-2)12-6-13-29-15-17-30(18-16-29)25(32)22-7-5-14-31-19-23(27-24(22)31)20-8-10-21(26)11-9-20/h5,7-11,14,19H,3-4,6,12-13,15-18H2,1-2H3. The summed E-state index contributed by atoms with van der Waals surface area (Å²) < 4.78 is 15.1. The summed E-state index contributed by atoms with van der Waals surface area (Å²) in [6.45, 7) is 12.1. The first kappa shape index (κ1) is 22.4. The van der Waals surface area contributed by atoms with Crippen molar-refractivity contribution in [1.29, 1.82) is 0 Å². The molecular weight excluding hydrogens is 405 g/mol. The van der Waals surface area contributed by atoms with Crippen LogP contribution < -0.4 is 0 Å². The van der Waals surface area contributed by atoms with E-state index >= 15 is 0 Å². The second-order valence-electron chi connectivity index (χ2n) is 8.30. The molecule has 1 aliphatic rings. The predicted molar refractivity (Wildman–Crippen MR) is 125 cm³/mol. The molecule has 1 fully saturated rings. The van der Waals surface area contributed by atoms with Crippen molar-refractivity contribution in [2.24, 2.45) is 0 Å². The van der Waals surface area contributed by atoms with Gasteiger partial charge in [0.2, 0.25) is 0 Å². The van der Waals surface area contributed by atoms with Crippen LogP contribution in [0.1, 0.15) is 30.6 Å². The van der Waals surface area contributed by atoms with Crippen LogP contribution in [-0.4, -0.2) is 82.3 Å². The molecule has 1 amide bonds. The summed E-state index contributed by atoms with van der Waals surface area (Å²) in [4.78, 5) is 24.8. The van der Waals surface area contributed by atoms with E-state index in [1.165, 1.54) is 12.1 Å². The van der Waals surface area contributed by atoms with Crippen LogP contribution in [0, 0.1) is 5.82 Å². The largest absolute Gasteiger partial charge is 0.336 e. The maximum Gasteiger partial charge on any atom is 0.257 e. The highest BCUT2D eigenvalue weighted by atomic mass is 19.1. The third-order valence-electron chi connectivity index (χ3n) is 6.36. The number of carbonyl (C=O) groups is 1. The lowest BCUT2D eigenvalue weighted by molar-refractivity contribution is 0.0633. The number of amides is 1. The smallest absolute Gasteiger partial charge is 0.257 e. The van der Waals surface area contributed by atoms with E-state index in [1.807, 2.05) is 33.8 Å². The summed E-state index contributed by atoms with van der Waals surface area (Å²) in [5, 5.41) is 0. The summed E-state index contributed by atoms with van der Waals surface area (Å²) in [7, 11) is 0. The molecule has 2 aromatic heterocycles. The Labute approximate surface area is 189 Å². The number of rotatable bonds is 8. The van der Waals surface area contributed by atoms with Crippen LogP contribution in [0.2, 0.25) is 0 Å². The number of benzene rings is 1. The molecule has 7 heteroatoms. The number of carbonyl (C=O) groups excluding carboxylic acids is 1. The minimum absolute atomic E-state index is 0.0228. The minimum Gasteiger partial charge on any atom is -0.336 e. The zero-order valence-electron chi connectivity index (χ0n) is 19.0. The quantitative estimate of drug-likeness (QED) is 0.540. The first-order valence-electron chi connectivity index (χ1n) is 11.6. The van der Waals surface area contributed by atoms with Crippen molar-refractivity contribution in [2.75, 3.05) is 52.4 Å². The van der Waals surface area contributed by atoms with E-state index in [4.69, 9.17) is 4.98 Å². The molecule has 0 saturated carbocycles. The van der Waals surface area contributed by atoms with Gasteiger partial charge in [0, 0.05) is 44.1 Å². The number of hydrogen-bond acceptors (Lipinski definition) is 4. The van der Waals surface area contributed by atoms with Crippen LogP contribution in [0.15, 0.2) is 48.8 Å². The molecule has 1 aliphatic heterocycles. The van der Waals surface area contributed by atoms with Gasteiger partial charge in [-0.1, -0.05) is 13.8 Å². The van der Waals surface area contributed by atoms with Crippen molar-refractivity contribution in [3.05, 3.63) is 60.2 Å². The number of halogens is 1. The Hall–Kier alpha value is -2.77. The first-order chi connectivity index (χ1) is 15.6. The number of nitrogens with zero attached hydrogens (tertiary/aromatic N) is 5. The molecule has 1 aromatic carbocycles. The number of hydrogen-bond donors (Lipinski definition) is 0. The van der Waals surface area contributed by atoms with Crippen molar-refractivity contribution in [2.45, 2.75) is 20.3 Å². The molecule has 0 bridgehead atoms. The number of aromatic nitrogens is 2. The summed E-state index contributed by atoms with van der Waals surface area (Å²) in [6.07, 6.45) is 4.93. The van der Waals surface area contributed by atoms with Crippen LogP contribution in [0.5, 0.6) is 0 Å². The maximum atomic E-state index is 13.3. The Balaban J connectivity index is 1.40. The fourth-order valence-corrected chi connectivity index (χ4v) is 4.34. The molecule has 0 spiro atoms. The average Bonchev–Trinajstić information content (AvgIpc) is 3.27. The third-order valence-corrected chi connectivity index (χ3v) is 6.36. The van der Waals surface area contributed by atoms with Gasteiger partial charge in [-0.25, -0.2) is 9.37 Å². The van der Waals surface area contributed by atoms with Gasteiger partial charge in [-0.15, -0.1) is 0 Å². The van der Waals surface area contributed by atoms with Crippen LogP contribution in [0.25, 0.3) is 16.9 Å². The number of pyridine rings is 1. The zero-order chi connectivity index (χ0) is 22.5. The maximum absolute atomic E-state index is 13.3. The molecular formula is C25H32FN5O. The van der Waals surface area contributed by atoms with Crippen molar-refractivity contribution in [3.63, 3.8) is 0 Å². The highest BCUT2D eigenvalue weighted by Crippen LogP contribution is 2.22. The Kier molecular flexibility index (Phi) is 7.17. The van der Waals surface area contributed by atoms with Gasteiger partial charge in [-0.3, -0.25) is 9.69 Å². The number of piperazine rings is 1. The van der Waals surface area contributed by atoms with E-state index in [2.05, 4.69) is 23.6 Å². The number of imidazole rings is 1. The lowest BCUT2D eigenvalue weighted by atomic mass is 10.2. The van der Waals surface area contributed by atoms with Gasteiger partial charge in [0.05, 0.1) is 11.3 Å². The Morgan fingerprint density at radius 3 is 2.47 bits per heavy atom. The lowest BCUT2D eigenvalue weighted by Gasteiger charge is -2.35. The molecule has 6 nitrogen and oxygen atoms in total. The molecule has 0 N–H and O–H groups in total. The van der Waals surface area contributed by atoms with Gasteiger partial charge in [-0.2, -0.15) is 0 Å². The molecule has 3 heterocycles. The molecule has 0 radical (unpaired) electrons. The molecule has 0 unspecified atom stereocenters. The topological polar surface area (TPSA) is 44.1 Å². The van der Waals surface area contributed by atoms with Gasteiger partial charge in [0.25, 0.3) is 5.91 Å². The predicted octanol–water partition coefficient (Wildman–Crippen LogP) is 3.63. The summed E-state index contributed by atoms with van der Waals surface area (Å²) in [5.74, 6) is -0.254. The van der Waals surface area contributed by atoms with E-state index in [0.29, 0.717) is 11.2 Å². The molecule has 4 rings (SSSR count). The van der Waals surface area contributed by atoms with Crippen LogP contribution in [0.3, 0.4) is 0 Å². The monoisotopic (exact) mass is 437 g/mol. The summed E-state index contributed by atoms with van der Waals surface area (Å²) in [6, 6.07) is 9.98. The molecule has 1 saturated heterocycles. The second kappa shape index (κ2) is 10.2. The van der Waals surface area contributed by atoms with E-state index < -0.39 is 0 Å². The summed E-state index contributed by atoms with van der Waals surface area (Å²) in [5.41, 5.74) is 2.80. The highest BCUT2D eigenvalue weighted by molar-refractivity contribution is 6.00. The van der Waals surface area contributed by atoms with Gasteiger partial charge in [-0.05, 0) is 69.0 Å². The average molecular weight is 438 g/mol. The molecule has 3 aromatic rings. The van der Waals surface area contributed by atoms with Crippen molar-refractivity contribution in [1.82, 2.24) is 24.1 Å². The van der Waals surface area contributed by atoms with Crippen molar-refractivity contribution < 1.29 is 9.18 Å². The van der Waals surface area contributed by atoms with Gasteiger partial charge >= 0.3 is 0 Å². The summed E-state index contributed by atoms with van der Waals surface area (Å²) >= 11 is 0. The van der Waals surface area contributed by atoms with Crippen molar-refractivity contribution >= 4 is 11.6 Å².